The molecule has 0 aliphatic heterocycles. The number of nitrogens with one attached hydrogen (secondary N) is 2. The molecule has 18 heavy (non-hydrogen) atoms. The number of rotatable bonds is 1. The third-order valence-corrected chi connectivity index (χ3v) is 3.80. The lowest BCUT2D eigenvalue weighted by atomic mass is 9.91. The van der Waals surface area contributed by atoms with Gasteiger partial charge in [0.2, 0.25) is 0 Å². The average molecular weight is 259 g/mol. The van der Waals surface area contributed by atoms with Crippen LogP contribution in [0.5, 0.6) is 0 Å². The number of aromatic nitrogens is 1. The van der Waals surface area contributed by atoms with Crippen molar-refractivity contribution in [1.29, 1.82) is 0 Å². The second-order valence-electron chi connectivity index (χ2n) is 5.02. The Hall–Kier alpha value is -1.55. The molecule has 4 heteroatoms. The van der Waals surface area contributed by atoms with Gasteiger partial charge >= 0.3 is 0 Å². The lowest BCUT2D eigenvalue weighted by molar-refractivity contribution is 0.520. The summed E-state index contributed by atoms with van der Waals surface area (Å²) in [4.78, 5) is 3.52. The Bertz CT molecular complexity index is 615. The van der Waals surface area contributed by atoms with Crippen LogP contribution in [0.25, 0.3) is 10.9 Å². The minimum atomic E-state index is 0.235. The Kier molecular flexibility index (Phi) is 2.74. The molecule has 1 aliphatic rings. The number of aryl methyl sites for hydroxylation is 2. The van der Waals surface area contributed by atoms with Crippen LogP contribution in [-0.2, 0) is 6.42 Å². The van der Waals surface area contributed by atoms with Gasteiger partial charge in [0, 0.05) is 16.6 Å². The highest BCUT2D eigenvalue weighted by Crippen LogP contribution is 2.34. The highest BCUT2D eigenvalue weighted by atomic mass is 32.1. The number of H-pyrrole nitrogens is 1. The van der Waals surface area contributed by atoms with E-state index in [9.17, 15) is 0 Å². The van der Waals surface area contributed by atoms with Crippen molar-refractivity contribution in [3.8, 4) is 0 Å². The van der Waals surface area contributed by atoms with Crippen molar-refractivity contribution >= 4 is 28.2 Å². The predicted molar refractivity (Wildman–Crippen MR) is 78.6 cm³/mol. The SMILES string of the molecule is Cc1ccc2[nH]c3c(c2c1)CCCC3NC(N)=S. The fraction of sp³-hybridized carbons (Fsp3) is 0.357. The van der Waals surface area contributed by atoms with E-state index in [0.29, 0.717) is 5.11 Å². The van der Waals surface area contributed by atoms with E-state index in [0.717, 1.165) is 12.8 Å². The Morgan fingerprint density at radius 3 is 3.11 bits per heavy atom. The van der Waals surface area contributed by atoms with E-state index >= 15 is 0 Å². The maximum absolute atomic E-state index is 5.61. The van der Waals surface area contributed by atoms with Crippen LogP contribution in [0.15, 0.2) is 18.2 Å². The van der Waals surface area contributed by atoms with E-state index < -0.39 is 0 Å². The van der Waals surface area contributed by atoms with E-state index in [1.165, 1.54) is 34.1 Å². The first-order valence-corrected chi connectivity index (χ1v) is 6.73. The van der Waals surface area contributed by atoms with Crippen molar-refractivity contribution in [3.05, 3.63) is 35.0 Å². The second-order valence-corrected chi connectivity index (χ2v) is 5.46. The molecule has 3 nitrogen and oxygen atoms in total. The van der Waals surface area contributed by atoms with Crippen LogP contribution < -0.4 is 11.1 Å². The number of benzene rings is 1. The van der Waals surface area contributed by atoms with Gasteiger partial charge in [-0.3, -0.25) is 0 Å². The molecule has 1 heterocycles. The van der Waals surface area contributed by atoms with Crippen molar-refractivity contribution in [2.24, 2.45) is 5.73 Å². The zero-order chi connectivity index (χ0) is 12.7. The summed E-state index contributed by atoms with van der Waals surface area (Å²) in [6.07, 6.45) is 3.39. The van der Waals surface area contributed by atoms with Crippen LogP contribution in [0.3, 0.4) is 0 Å². The summed E-state index contributed by atoms with van der Waals surface area (Å²) < 4.78 is 0. The van der Waals surface area contributed by atoms with Crippen LogP contribution in [0.2, 0.25) is 0 Å². The maximum atomic E-state index is 5.61. The number of nitrogens with two attached hydrogens (primary N) is 1. The fourth-order valence-corrected chi connectivity index (χ4v) is 3.03. The first-order valence-electron chi connectivity index (χ1n) is 6.32. The van der Waals surface area contributed by atoms with Gasteiger partial charge in [-0.05, 0) is 56.1 Å². The third kappa shape index (κ3) is 1.86. The molecule has 4 N–H and O–H groups in total. The first-order chi connectivity index (χ1) is 8.65. The molecular formula is C14H17N3S. The molecule has 0 fully saturated rings. The van der Waals surface area contributed by atoms with Crippen LogP contribution in [-0.4, -0.2) is 10.1 Å². The summed E-state index contributed by atoms with van der Waals surface area (Å²) in [6.45, 7) is 2.13. The molecule has 0 bridgehead atoms. The van der Waals surface area contributed by atoms with E-state index in [-0.39, 0.29) is 6.04 Å². The molecule has 94 valence electrons. The summed E-state index contributed by atoms with van der Waals surface area (Å²) in [5.41, 5.74) is 10.8. The first kappa shape index (κ1) is 11.5. The second kappa shape index (κ2) is 4.28. The van der Waals surface area contributed by atoms with Gasteiger partial charge in [-0.25, -0.2) is 0 Å². The standard InChI is InChI=1S/C14H17N3S/c1-8-5-6-11-10(7-8)9-3-2-4-12(13(9)16-11)17-14(15)18/h5-7,12,16H,2-4H2,1H3,(H3,15,17,18). The van der Waals surface area contributed by atoms with Gasteiger partial charge in [0.05, 0.1) is 6.04 Å². The average Bonchev–Trinajstić information content (AvgIpc) is 2.68. The van der Waals surface area contributed by atoms with E-state index in [4.69, 9.17) is 18.0 Å². The number of thiocarbonyl (C=S) groups is 1. The molecule has 1 aliphatic carbocycles. The number of hydrogen-bond acceptors (Lipinski definition) is 1. The molecular weight excluding hydrogens is 242 g/mol. The van der Waals surface area contributed by atoms with Crippen molar-refractivity contribution in [2.75, 3.05) is 0 Å². The topological polar surface area (TPSA) is 53.8 Å². The lowest BCUT2D eigenvalue weighted by Gasteiger charge is -2.23. The number of aromatic amines is 1. The van der Waals surface area contributed by atoms with Crippen molar-refractivity contribution in [3.63, 3.8) is 0 Å². The Morgan fingerprint density at radius 1 is 1.50 bits per heavy atom. The zero-order valence-electron chi connectivity index (χ0n) is 10.4. The molecule has 3 rings (SSSR count). The Labute approximate surface area is 112 Å². The minimum absolute atomic E-state index is 0.235. The summed E-state index contributed by atoms with van der Waals surface area (Å²) in [7, 11) is 0. The smallest absolute Gasteiger partial charge is 0.164 e. The van der Waals surface area contributed by atoms with Crippen molar-refractivity contribution in [1.82, 2.24) is 10.3 Å². The molecule has 2 aromatic rings. The molecule has 0 spiro atoms. The fourth-order valence-electron chi connectivity index (χ4n) is 2.89. The van der Waals surface area contributed by atoms with Gasteiger partial charge < -0.3 is 16.0 Å². The van der Waals surface area contributed by atoms with E-state index in [2.05, 4.69) is 35.4 Å². The predicted octanol–water partition coefficient (Wildman–Crippen LogP) is 2.69. The number of fused-ring (bicyclic) bond motifs is 3. The Morgan fingerprint density at radius 2 is 2.33 bits per heavy atom. The maximum Gasteiger partial charge on any atom is 0.164 e. The van der Waals surface area contributed by atoms with Crippen molar-refractivity contribution < 1.29 is 0 Å². The van der Waals surface area contributed by atoms with Gasteiger partial charge in [-0.1, -0.05) is 11.6 Å². The Balaban J connectivity index is 2.12. The van der Waals surface area contributed by atoms with Crippen LogP contribution in [0.4, 0.5) is 0 Å². The number of hydrogen-bond donors (Lipinski definition) is 3. The van der Waals surface area contributed by atoms with Gasteiger partial charge in [0.25, 0.3) is 0 Å². The monoisotopic (exact) mass is 259 g/mol. The molecule has 1 unspecified atom stereocenters. The van der Waals surface area contributed by atoms with Crippen LogP contribution in [0, 0.1) is 6.92 Å². The molecule has 1 aromatic carbocycles. The highest BCUT2D eigenvalue weighted by molar-refractivity contribution is 7.80. The van der Waals surface area contributed by atoms with Crippen LogP contribution >= 0.6 is 12.2 Å². The van der Waals surface area contributed by atoms with Gasteiger partial charge in [-0.2, -0.15) is 0 Å². The molecule has 0 amide bonds. The van der Waals surface area contributed by atoms with Gasteiger partial charge in [0.1, 0.15) is 0 Å². The summed E-state index contributed by atoms with van der Waals surface area (Å²) in [5, 5.41) is 4.92. The van der Waals surface area contributed by atoms with E-state index in [1.807, 2.05) is 0 Å². The summed E-state index contributed by atoms with van der Waals surface area (Å²) in [6, 6.07) is 6.79. The molecule has 1 atom stereocenters. The van der Waals surface area contributed by atoms with Gasteiger partial charge in [-0.15, -0.1) is 0 Å². The zero-order valence-corrected chi connectivity index (χ0v) is 11.2. The minimum Gasteiger partial charge on any atom is -0.376 e. The van der Waals surface area contributed by atoms with Crippen molar-refractivity contribution in [2.45, 2.75) is 32.2 Å². The van der Waals surface area contributed by atoms with E-state index in [1.54, 1.807) is 0 Å². The molecule has 1 aromatic heterocycles. The molecule has 0 saturated carbocycles. The molecule has 0 saturated heterocycles. The lowest BCUT2D eigenvalue weighted by Crippen LogP contribution is -2.34. The van der Waals surface area contributed by atoms with Crippen LogP contribution in [0.1, 0.15) is 35.7 Å². The summed E-state index contributed by atoms with van der Waals surface area (Å²) in [5.74, 6) is 0. The third-order valence-electron chi connectivity index (χ3n) is 3.68. The highest BCUT2D eigenvalue weighted by Gasteiger charge is 2.24. The molecule has 0 radical (unpaired) electrons. The normalized spacial score (nSPS) is 18.6. The summed E-state index contributed by atoms with van der Waals surface area (Å²) >= 11 is 4.96. The largest absolute Gasteiger partial charge is 0.376 e. The quantitative estimate of drug-likeness (QED) is 0.690. The van der Waals surface area contributed by atoms with Gasteiger partial charge in [0.15, 0.2) is 5.11 Å².